The Labute approximate surface area is 217 Å². The van der Waals surface area contributed by atoms with E-state index in [1.165, 1.54) is 5.56 Å². The molecule has 0 unspecified atom stereocenters. The van der Waals surface area contributed by atoms with Gasteiger partial charge in [0.25, 0.3) is 5.56 Å². The van der Waals surface area contributed by atoms with E-state index in [2.05, 4.69) is 70.0 Å². The van der Waals surface area contributed by atoms with Crippen molar-refractivity contribution >= 4 is 22.5 Å². The van der Waals surface area contributed by atoms with Gasteiger partial charge in [-0.05, 0) is 56.4 Å². The van der Waals surface area contributed by atoms with Crippen molar-refractivity contribution in [3.8, 4) is 0 Å². The van der Waals surface area contributed by atoms with Crippen LogP contribution in [0.1, 0.15) is 64.5 Å². The van der Waals surface area contributed by atoms with Crippen LogP contribution in [0.5, 0.6) is 0 Å². The van der Waals surface area contributed by atoms with Gasteiger partial charge in [0.2, 0.25) is 5.91 Å². The summed E-state index contributed by atoms with van der Waals surface area (Å²) in [6, 6.07) is 14.9. The number of carbonyl (C=O) groups excluding carboxylic acids is 1. The standard InChI is InChI=1S/C31H34N4O2/c1-8-29(4,5)31-18-24-25-32-22-16-12-10-14-20(22)27(37)33(25)19(3)26(36)34(24)28(31)35(30(6,7)9-2)23-17-13-11-15-21(23)31/h8-17,19,24,28H,1-2,18H2,3-7H3/t19-,24+,28-,31-/m1/s1. The Bertz CT molecular complexity index is 1550. The van der Waals surface area contributed by atoms with Crippen LogP contribution in [0.15, 0.2) is 78.6 Å². The molecule has 0 radical (unpaired) electrons. The summed E-state index contributed by atoms with van der Waals surface area (Å²) in [6.07, 6.45) is 4.33. The Balaban J connectivity index is 1.70. The van der Waals surface area contributed by atoms with Crippen molar-refractivity contribution in [2.24, 2.45) is 5.41 Å². The van der Waals surface area contributed by atoms with Crippen LogP contribution in [0.25, 0.3) is 10.9 Å². The normalized spacial score (nSPS) is 26.5. The molecule has 6 heteroatoms. The number of benzene rings is 2. The van der Waals surface area contributed by atoms with Gasteiger partial charge in [-0.15, -0.1) is 13.2 Å². The van der Waals surface area contributed by atoms with Crippen molar-refractivity contribution in [3.05, 3.63) is 95.6 Å². The summed E-state index contributed by atoms with van der Waals surface area (Å²) in [5.74, 6) is 0.611. The van der Waals surface area contributed by atoms with Crippen LogP contribution < -0.4 is 10.5 Å². The van der Waals surface area contributed by atoms with Gasteiger partial charge < -0.3 is 9.80 Å². The maximum absolute atomic E-state index is 14.3. The summed E-state index contributed by atoms with van der Waals surface area (Å²) >= 11 is 0. The molecule has 6 rings (SSSR count). The lowest BCUT2D eigenvalue weighted by Crippen LogP contribution is -2.62. The van der Waals surface area contributed by atoms with Gasteiger partial charge in [-0.25, -0.2) is 4.98 Å². The predicted octanol–water partition coefficient (Wildman–Crippen LogP) is 5.51. The molecule has 3 aliphatic rings. The van der Waals surface area contributed by atoms with Gasteiger partial charge in [0, 0.05) is 11.1 Å². The first kappa shape index (κ1) is 23.7. The smallest absolute Gasteiger partial charge is 0.262 e. The fourth-order valence-corrected chi connectivity index (χ4v) is 7.14. The summed E-state index contributed by atoms with van der Waals surface area (Å²) in [6.45, 7) is 18.9. The van der Waals surface area contributed by atoms with E-state index in [0.717, 1.165) is 5.69 Å². The highest BCUT2D eigenvalue weighted by molar-refractivity contribution is 5.86. The molecule has 1 amide bonds. The molecule has 6 nitrogen and oxygen atoms in total. The predicted molar refractivity (Wildman–Crippen MR) is 148 cm³/mol. The minimum atomic E-state index is -0.657. The molecule has 1 fully saturated rings. The van der Waals surface area contributed by atoms with Gasteiger partial charge in [-0.3, -0.25) is 14.2 Å². The molecule has 3 aromatic rings. The molecule has 37 heavy (non-hydrogen) atoms. The molecule has 0 bridgehead atoms. The topological polar surface area (TPSA) is 58.4 Å². The van der Waals surface area contributed by atoms with Gasteiger partial charge in [0.15, 0.2) is 0 Å². The quantitative estimate of drug-likeness (QED) is 0.449. The molecule has 190 valence electrons. The van der Waals surface area contributed by atoms with E-state index < -0.39 is 17.0 Å². The van der Waals surface area contributed by atoms with Gasteiger partial charge in [-0.1, -0.05) is 56.3 Å². The lowest BCUT2D eigenvalue weighted by Gasteiger charge is -2.50. The van der Waals surface area contributed by atoms with Gasteiger partial charge in [0.1, 0.15) is 18.0 Å². The van der Waals surface area contributed by atoms with Gasteiger partial charge >= 0.3 is 0 Å². The van der Waals surface area contributed by atoms with Crippen LogP contribution in [0.3, 0.4) is 0 Å². The number of allylic oxidation sites excluding steroid dienone is 1. The van der Waals surface area contributed by atoms with Crippen molar-refractivity contribution in [2.45, 2.75) is 70.2 Å². The summed E-state index contributed by atoms with van der Waals surface area (Å²) < 4.78 is 1.64. The van der Waals surface area contributed by atoms with Crippen molar-refractivity contribution in [2.75, 3.05) is 4.90 Å². The minimum absolute atomic E-state index is 0.0545. The number of carbonyl (C=O) groups is 1. The molecule has 1 saturated heterocycles. The van der Waals surface area contributed by atoms with E-state index >= 15 is 0 Å². The highest BCUT2D eigenvalue weighted by Crippen LogP contribution is 2.66. The number of fused-ring (bicyclic) bond motifs is 8. The average Bonchev–Trinajstić information content (AvgIpc) is 3.39. The monoisotopic (exact) mass is 494 g/mol. The van der Waals surface area contributed by atoms with Crippen molar-refractivity contribution in [1.29, 1.82) is 0 Å². The fraction of sp³-hybridized carbons (Fsp3) is 0.387. The van der Waals surface area contributed by atoms with Crippen molar-refractivity contribution in [3.63, 3.8) is 0 Å². The first-order valence-electron chi connectivity index (χ1n) is 13.0. The lowest BCUT2D eigenvalue weighted by atomic mass is 9.60. The van der Waals surface area contributed by atoms with Crippen LogP contribution in [0, 0.1) is 5.41 Å². The number of para-hydroxylation sites is 2. The number of hydrogen-bond donors (Lipinski definition) is 0. The third-order valence-electron chi connectivity index (χ3n) is 9.36. The minimum Gasteiger partial charge on any atom is -0.341 e. The third kappa shape index (κ3) is 2.73. The second-order valence-corrected chi connectivity index (χ2v) is 11.8. The number of aromatic nitrogens is 2. The Kier molecular flexibility index (Phi) is 4.77. The van der Waals surface area contributed by atoms with Crippen LogP contribution in [0.4, 0.5) is 5.69 Å². The maximum atomic E-state index is 14.3. The number of hydrogen-bond acceptors (Lipinski definition) is 4. The molecule has 0 N–H and O–H groups in total. The van der Waals surface area contributed by atoms with Gasteiger partial charge in [0.05, 0.1) is 22.5 Å². The van der Waals surface area contributed by atoms with Crippen molar-refractivity contribution in [1.82, 2.24) is 14.5 Å². The zero-order valence-electron chi connectivity index (χ0n) is 22.2. The number of anilines is 1. The SMILES string of the molecule is C=CC(C)(C)N1c2ccccc2[C@]2(C(C)(C)C=C)C[C@H]3c4nc5ccccc5c(=O)n4[C@H](C)C(=O)N3[C@H]12. The lowest BCUT2D eigenvalue weighted by molar-refractivity contribution is -0.141. The van der Waals surface area contributed by atoms with Crippen LogP contribution >= 0.6 is 0 Å². The van der Waals surface area contributed by atoms with Crippen LogP contribution in [0.2, 0.25) is 0 Å². The van der Waals surface area contributed by atoms with Gasteiger partial charge in [-0.2, -0.15) is 0 Å². The van der Waals surface area contributed by atoms with E-state index in [4.69, 9.17) is 4.98 Å². The highest BCUT2D eigenvalue weighted by Gasteiger charge is 2.69. The highest BCUT2D eigenvalue weighted by atomic mass is 16.2. The average molecular weight is 495 g/mol. The van der Waals surface area contributed by atoms with E-state index in [9.17, 15) is 9.59 Å². The molecule has 3 aliphatic heterocycles. The zero-order chi connectivity index (χ0) is 26.5. The first-order chi connectivity index (χ1) is 17.5. The van der Waals surface area contributed by atoms with E-state index in [1.54, 1.807) is 10.6 Å². The van der Waals surface area contributed by atoms with E-state index in [-0.39, 0.29) is 29.1 Å². The summed E-state index contributed by atoms with van der Waals surface area (Å²) in [7, 11) is 0. The largest absolute Gasteiger partial charge is 0.341 e. The molecule has 0 spiro atoms. The Hall–Kier alpha value is -3.67. The van der Waals surface area contributed by atoms with E-state index in [0.29, 0.717) is 23.1 Å². The fourth-order valence-electron chi connectivity index (χ4n) is 7.14. The maximum Gasteiger partial charge on any atom is 0.262 e. The number of nitrogens with zero attached hydrogens (tertiary/aromatic N) is 4. The molecule has 1 aromatic heterocycles. The molecule has 4 atom stereocenters. The summed E-state index contributed by atoms with van der Waals surface area (Å²) in [5, 5.41) is 0.540. The molecule has 2 aromatic carbocycles. The van der Waals surface area contributed by atoms with Crippen LogP contribution in [-0.2, 0) is 10.2 Å². The molecule has 4 heterocycles. The second kappa shape index (κ2) is 7.44. The molecular formula is C31H34N4O2. The molecule has 0 saturated carbocycles. The van der Waals surface area contributed by atoms with Crippen LogP contribution in [-0.4, -0.2) is 32.1 Å². The van der Waals surface area contributed by atoms with Crippen molar-refractivity contribution < 1.29 is 4.79 Å². The molecular weight excluding hydrogens is 460 g/mol. The Morgan fingerprint density at radius 3 is 2.38 bits per heavy atom. The third-order valence-corrected chi connectivity index (χ3v) is 9.36. The Morgan fingerprint density at radius 1 is 1.00 bits per heavy atom. The Morgan fingerprint density at radius 2 is 1.68 bits per heavy atom. The summed E-state index contributed by atoms with van der Waals surface area (Å²) in [5.41, 5.74) is 1.54. The second-order valence-electron chi connectivity index (χ2n) is 11.8. The molecule has 0 aliphatic carbocycles. The number of amides is 1. The summed E-state index contributed by atoms with van der Waals surface area (Å²) in [4.78, 5) is 37.4. The first-order valence-corrected chi connectivity index (χ1v) is 13.0. The van der Waals surface area contributed by atoms with E-state index in [1.807, 2.05) is 42.2 Å². The number of rotatable bonds is 4. The zero-order valence-corrected chi connectivity index (χ0v) is 22.2.